The highest BCUT2D eigenvalue weighted by molar-refractivity contribution is 6.30. The summed E-state index contributed by atoms with van der Waals surface area (Å²) in [4.78, 5) is 14.2. The Hall–Kier alpha value is -2.32. The number of para-hydroxylation sites is 2. The largest absolute Gasteiger partial charge is 0.489 e. The maximum atomic E-state index is 11.8. The van der Waals surface area contributed by atoms with Crippen molar-refractivity contribution in [2.75, 3.05) is 38.1 Å². The van der Waals surface area contributed by atoms with Crippen LogP contribution in [0.15, 0.2) is 48.5 Å². The van der Waals surface area contributed by atoms with Crippen molar-refractivity contribution in [1.29, 1.82) is 0 Å². The van der Waals surface area contributed by atoms with E-state index in [0.29, 0.717) is 30.6 Å². The van der Waals surface area contributed by atoms with Crippen molar-refractivity contribution in [3.63, 3.8) is 0 Å². The Morgan fingerprint density at radius 3 is 2.62 bits per heavy atom. The standard InChI is InChI=1S/C24H33ClN4O3/c1-2-26-24(31)28-22-5-3-4-6-23(22)32-17-21(30)15-27-20-11-13-29(14-12-20)16-18-7-9-19(25)10-8-18/h3-10,20-21,27,30H,2,11-17H2,1H3,(H2,26,28,31)/t21-/m0/s1. The number of likely N-dealkylation sites (tertiary alicyclic amines) is 1. The number of hydrogen-bond donors (Lipinski definition) is 4. The average Bonchev–Trinajstić information content (AvgIpc) is 2.80. The van der Waals surface area contributed by atoms with Gasteiger partial charge in [0, 0.05) is 30.7 Å². The molecule has 3 rings (SSSR count). The van der Waals surface area contributed by atoms with Gasteiger partial charge in [-0.15, -0.1) is 0 Å². The minimum absolute atomic E-state index is 0.149. The molecule has 1 aliphatic heterocycles. The van der Waals surface area contributed by atoms with E-state index in [9.17, 15) is 9.90 Å². The number of anilines is 1. The summed E-state index contributed by atoms with van der Waals surface area (Å²) in [6.07, 6.45) is 1.45. The monoisotopic (exact) mass is 460 g/mol. The first-order valence-electron chi connectivity index (χ1n) is 11.2. The third kappa shape index (κ3) is 7.98. The van der Waals surface area contributed by atoms with Gasteiger partial charge in [0.15, 0.2) is 0 Å². The molecular formula is C24H33ClN4O3. The highest BCUT2D eigenvalue weighted by Gasteiger charge is 2.20. The molecule has 0 saturated carbocycles. The lowest BCUT2D eigenvalue weighted by Gasteiger charge is -2.33. The summed E-state index contributed by atoms with van der Waals surface area (Å²) in [5, 5.41) is 20.0. The van der Waals surface area contributed by atoms with E-state index in [-0.39, 0.29) is 12.6 Å². The van der Waals surface area contributed by atoms with Crippen LogP contribution in [0, 0.1) is 0 Å². The number of aliphatic hydroxyl groups excluding tert-OH is 1. The fraction of sp³-hybridized carbons (Fsp3) is 0.458. The molecule has 1 heterocycles. The molecule has 0 aromatic heterocycles. The van der Waals surface area contributed by atoms with Crippen molar-refractivity contribution >= 4 is 23.3 Å². The van der Waals surface area contributed by atoms with Gasteiger partial charge >= 0.3 is 6.03 Å². The maximum Gasteiger partial charge on any atom is 0.319 e. The van der Waals surface area contributed by atoms with Crippen molar-refractivity contribution in [3.05, 3.63) is 59.1 Å². The lowest BCUT2D eigenvalue weighted by molar-refractivity contribution is 0.0983. The average molecular weight is 461 g/mol. The number of piperidine rings is 1. The quantitative estimate of drug-likeness (QED) is 0.436. The van der Waals surface area contributed by atoms with Crippen LogP contribution in [0.25, 0.3) is 0 Å². The number of benzene rings is 2. The molecule has 2 aromatic rings. The molecule has 2 amide bonds. The van der Waals surface area contributed by atoms with Gasteiger partial charge in [0.2, 0.25) is 0 Å². The molecule has 7 nitrogen and oxygen atoms in total. The van der Waals surface area contributed by atoms with Gasteiger partial charge < -0.3 is 25.8 Å². The van der Waals surface area contributed by atoms with Gasteiger partial charge in [0.25, 0.3) is 0 Å². The zero-order valence-electron chi connectivity index (χ0n) is 18.5. The van der Waals surface area contributed by atoms with Crippen molar-refractivity contribution in [1.82, 2.24) is 15.5 Å². The van der Waals surface area contributed by atoms with Crippen LogP contribution >= 0.6 is 11.6 Å². The Bertz CT molecular complexity index is 841. The molecule has 8 heteroatoms. The molecule has 0 spiro atoms. The fourth-order valence-corrected chi connectivity index (χ4v) is 3.84. The number of ether oxygens (including phenoxy) is 1. The van der Waals surface area contributed by atoms with Crippen LogP contribution in [0.3, 0.4) is 0 Å². The van der Waals surface area contributed by atoms with Crippen LogP contribution in [0.2, 0.25) is 5.02 Å². The first kappa shape index (κ1) is 24.3. The molecule has 0 unspecified atom stereocenters. The molecule has 0 bridgehead atoms. The molecular weight excluding hydrogens is 428 g/mol. The second kappa shape index (κ2) is 12.6. The van der Waals surface area contributed by atoms with Gasteiger partial charge in [-0.25, -0.2) is 4.79 Å². The Labute approximate surface area is 195 Å². The SMILES string of the molecule is CCNC(=O)Nc1ccccc1OC[C@@H](O)CNC1CCN(Cc2ccc(Cl)cc2)CC1. The highest BCUT2D eigenvalue weighted by atomic mass is 35.5. The van der Waals surface area contributed by atoms with E-state index >= 15 is 0 Å². The number of rotatable bonds is 10. The van der Waals surface area contributed by atoms with E-state index in [1.54, 1.807) is 12.1 Å². The van der Waals surface area contributed by atoms with Crippen LogP contribution < -0.4 is 20.7 Å². The molecule has 174 valence electrons. The smallest absolute Gasteiger partial charge is 0.319 e. The van der Waals surface area contributed by atoms with Gasteiger partial charge in [-0.3, -0.25) is 4.90 Å². The third-order valence-corrected chi connectivity index (χ3v) is 5.70. The summed E-state index contributed by atoms with van der Waals surface area (Å²) in [6.45, 7) is 5.99. The highest BCUT2D eigenvalue weighted by Crippen LogP contribution is 2.23. The molecule has 0 aliphatic carbocycles. The predicted molar refractivity (Wildman–Crippen MR) is 128 cm³/mol. The Balaban J connectivity index is 1.36. The first-order chi connectivity index (χ1) is 15.5. The molecule has 0 radical (unpaired) electrons. The Kier molecular flexibility index (Phi) is 9.62. The lowest BCUT2D eigenvalue weighted by Crippen LogP contribution is -2.45. The second-order valence-corrected chi connectivity index (χ2v) is 8.47. The van der Waals surface area contributed by atoms with Crippen molar-refractivity contribution in [2.45, 2.75) is 38.5 Å². The van der Waals surface area contributed by atoms with Crippen molar-refractivity contribution < 1.29 is 14.6 Å². The summed E-state index contributed by atoms with van der Waals surface area (Å²) < 4.78 is 5.76. The predicted octanol–water partition coefficient (Wildman–Crippen LogP) is 3.48. The van der Waals surface area contributed by atoms with Gasteiger partial charge in [0.05, 0.1) is 5.69 Å². The summed E-state index contributed by atoms with van der Waals surface area (Å²) in [5.74, 6) is 0.535. The number of carbonyl (C=O) groups is 1. The summed E-state index contributed by atoms with van der Waals surface area (Å²) in [6, 6.07) is 15.3. The van der Waals surface area contributed by atoms with Crippen LogP contribution in [-0.2, 0) is 6.54 Å². The fourth-order valence-electron chi connectivity index (χ4n) is 3.71. The minimum atomic E-state index is -0.639. The van der Waals surface area contributed by atoms with Crippen molar-refractivity contribution in [2.24, 2.45) is 0 Å². The van der Waals surface area contributed by atoms with E-state index in [4.69, 9.17) is 16.3 Å². The molecule has 2 aromatic carbocycles. The second-order valence-electron chi connectivity index (χ2n) is 8.03. The zero-order chi connectivity index (χ0) is 22.8. The number of nitrogens with zero attached hydrogens (tertiary/aromatic N) is 1. The van der Waals surface area contributed by atoms with Crippen LogP contribution in [0.4, 0.5) is 10.5 Å². The van der Waals surface area contributed by atoms with Gasteiger partial charge in [-0.1, -0.05) is 35.9 Å². The minimum Gasteiger partial charge on any atom is -0.489 e. The normalized spacial score (nSPS) is 15.8. The van der Waals surface area contributed by atoms with E-state index in [1.807, 2.05) is 31.2 Å². The van der Waals surface area contributed by atoms with E-state index in [1.165, 1.54) is 5.56 Å². The first-order valence-corrected chi connectivity index (χ1v) is 11.6. The number of urea groups is 1. The Morgan fingerprint density at radius 2 is 1.91 bits per heavy atom. The molecule has 1 atom stereocenters. The zero-order valence-corrected chi connectivity index (χ0v) is 19.3. The topological polar surface area (TPSA) is 85.9 Å². The number of aliphatic hydroxyl groups is 1. The summed E-state index contributed by atoms with van der Waals surface area (Å²) in [5.41, 5.74) is 1.85. The van der Waals surface area contributed by atoms with Crippen LogP contribution in [-0.4, -0.2) is 61.0 Å². The van der Waals surface area contributed by atoms with Crippen LogP contribution in [0.5, 0.6) is 5.75 Å². The molecule has 32 heavy (non-hydrogen) atoms. The van der Waals surface area contributed by atoms with E-state index < -0.39 is 6.10 Å². The van der Waals surface area contributed by atoms with E-state index in [0.717, 1.165) is 37.5 Å². The molecule has 1 fully saturated rings. The Morgan fingerprint density at radius 1 is 1.19 bits per heavy atom. The molecule has 1 aliphatic rings. The van der Waals surface area contributed by atoms with Gasteiger partial charge in [-0.2, -0.15) is 0 Å². The van der Waals surface area contributed by atoms with E-state index in [2.05, 4.69) is 33.0 Å². The summed E-state index contributed by atoms with van der Waals surface area (Å²) in [7, 11) is 0. The van der Waals surface area contributed by atoms with Gasteiger partial charge in [0.1, 0.15) is 18.5 Å². The molecule has 4 N–H and O–H groups in total. The third-order valence-electron chi connectivity index (χ3n) is 5.45. The van der Waals surface area contributed by atoms with Crippen LogP contribution in [0.1, 0.15) is 25.3 Å². The number of carbonyl (C=O) groups excluding carboxylic acids is 1. The maximum absolute atomic E-state index is 11.8. The number of nitrogens with one attached hydrogen (secondary N) is 3. The lowest BCUT2D eigenvalue weighted by atomic mass is 10.0. The number of hydrogen-bond acceptors (Lipinski definition) is 5. The summed E-state index contributed by atoms with van der Waals surface area (Å²) >= 11 is 5.96. The molecule has 1 saturated heterocycles. The van der Waals surface area contributed by atoms with Gasteiger partial charge in [-0.05, 0) is 62.7 Å². The van der Waals surface area contributed by atoms with Crippen molar-refractivity contribution in [3.8, 4) is 5.75 Å². The number of halogens is 1. The number of amides is 2.